The van der Waals surface area contributed by atoms with Gasteiger partial charge in [-0.05, 0) is 38.4 Å². The van der Waals surface area contributed by atoms with Crippen LogP contribution in [0.25, 0.3) is 0 Å². The van der Waals surface area contributed by atoms with E-state index in [1.54, 1.807) is 6.07 Å². The van der Waals surface area contributed by atoms with Gasteiger partial charge >= 0.3 is 0 Å². The van der Waals surface area contributed by atoms with E-state index < -0.39 is 0 Å². The average Bonchev–Trinajstić information content (AvgIpc) is 2.78. The van der Waals surface area contributed by atoms with E-state index in [2.05, 4.69) is 20.6 Å². The van der Waals surface area contributed by atoms with Crippen LogP contribution in [-0.2, 0) is 0 Å². The Labute approximate surface area is 94.9 Å². The molecular formula is C11H15N5. The summed E-state index contributed by atoms with van der Waals surface area (Å²) in [5, 5.41) is 15.3. The van der Waals surface area contributed by atoms with E-state index in [4.69, 9.17) is 5.26 Å². The van der Waals surface area contributed by atoms with Crippen LogP contribution in [0.1, 0.15) is 17.8 Å². The molecule has 5 heteroatoms. The summed E-state index contributed by atoms with van der Waals surface area (Å²) < 4.78 is 0. The minimum atomic E-state index is 0.416. The Bertz CT molecular complexity index is 403. The Hall–Kier alpha value is -1.67. The highest BCUT2D eigenvalue weighted by Gasteiger charge is 2.14. The van der Waals surface area contributed by atoms with Crippen LogP contribution < -0.4 is 10.6 Å². The molecule has 0 aliphatic carbocycles. The second-order valence-corrected chi connectivity index (χ2v) is 4.07. The van der Waals surface area contributed by atoms with Gasteiger partial charge in [-0.3, -0.25) is 0 Å². The molecule has 16 heavy (non-hydrogen) atoms. The fourth-order valence-corrected chi connectivity index (χ4v) is 1.83. The number of aromatic nitrogens is 2. The molecule has 1 aromatic heterocycles. The summed E-state index contributed by atoms with van der Waals surface area (Å²) >= 11 is 0. The molecule has 0 spiro atoms. The van der Waals surface area contributed by atoms with Crippen LogP contribution in [0.15, 0.2) is 6.07 Å². The topological polar surface area (TPSA) is 73.6 Å². The lowest BCUT2D eigenvalue weighted by molar-refractivity contribution is 0.612. The van der Waals surface area contributed by atoms with E-state index in [9.17, 15) is 0 Å². The maximum absolute atomic E-state index is 8.79. The van der Waals surface area contributed by atoms with Gasteiger partial charge in [0.05, 0.1) is 0 Å². The fourth-order valence-electron chi connectivity index (χ4n) is 1.83. The van der Waals surface area contributed by atoms with Crippen molar-refractivity contribution < 1.29 is 0 Å². The lowest BCUT2D eigenvalue weighted by atomic mass is 10.1. The number of anilines is 1. The molecule has 2 rings (SSSR count). The Kier molecular flexibility index (Phi) is 3.32. The predicted molar refractivity (Wildman–Crippen MR) is 61.0 cm³/mol. The van der Waals surface area contributed by atoms with Crippen molar-refractivity contribution in [2.24, 2.45) is 5.92 Å². The number of nitrogens with zero attached hydrogens (tertiary/aromatic N) is 3. The Morgan fingerprint density at radius 1 is 1.62 bits per heavy atom. The quantitative estimate of drug-likeness (QED) is 0.778. The van der Waals surface area contributed by atoms with Gasteiger partial charge in [0.15, 0.2) is 0 Å². The van der Waals surface area contributed by atoms with Crippen molar-refractivity contribution >= 4 is 5.95 Å². The van der Waals surface area contributed by atoms with Crippen molar-refractivity contribution in [1.29, 1.82) is 5.26 Å². The molecule has 2 heterocycles. The fraction of sp³-hybridized carbons (Fsp3) is 0.545. The Morgan fingerprint density at radius 2 is 2.50 bits per heavy atom. The summed E-state index contributed by atoms with van der Waals surface area (Å²) in [7, 11) is 0. The zero-order chi connectivity index (χ0) is 11.4. The second-order valence-electron chi connectivity index (χ2n) is 4.07. The van der Waals surface area contributed by atoms with Crippen molar-refractivity contribution in [3.05, 3.63) is 17.5 Å². The summed E-state index contributed by atoms with van der Waals surface area (Å²) in [6.07, 6.45) is 1.18. The van der Waals surface area contributed by atoms with Crippen molar-refractivity contribution in [2.75, 3.05) is 25.0 Å². The van der Waals surface area contributed by atoms with Gasteiger partial charge < -0.3 is 10.6 Å². The van der Waals surface area contributed by atoms with E-state index in [0.29, 0.717) is 17.6 Å². The van der Waals surface area contributed by atoms with Crippen LogP contribution in [0.4, 0.5) is 5.95 Å². The first-order valence-corrected chi connectivity index (χ1v) is 5.48. The highest BCUT2D eigenvalue weighted by Crippen LogP contribution is 2.09. The van der Waals surface area contributed by atoms with Crippen LogP contribution in [0.2, 0.25) is 0 Å². The molecule has 5 nitrogen and oxygen atoms in total. The molecule has 1 saturated heterocycles. The summed E-state index contributed by atoms with van der Waals surface area (Å²) in [5.41, 5.74) is 1.23. The van der Waals surface area contributed by atoms with Crippen molar-refractivity contribution in [2.45, 2.75) is 13.3 Å². The minimum absolute atomic E-state index is 0.416. The third-order valence-corrected chi connectivity index (χ3v) is 2.68. The molecule has 0 radical (unpaired) electrons. The third-order valence-electron chi connectivity index (χ3n) is 2.68. The first-order chi connectivity index (χ1) is 7.78. The molecule has 1 atom stereocenters. The van der Waals surface area contributed by atoms with Crippen molar-refractivity contribution in [3.63, 3.8) is 0 Å². The highest BCUT2D eigenvalue weighted by atomic mass is 15.1. The number of hydrogen-bond donors (Lipinski definition) is 2. The molecular weight excluding hydrogens is 202 g/mol. The normalized spacial score (nSPS) is 19.4. The average molecular weight is 217 g/mol. The molecule has 0 amide bonds. The number of hydrogen-bond acceptors (Lipinski definition) is 5. The van der Waals surface area contributed by atoms with Crippen molar-refractivity contribution in [3.8, 4) is 6.07 Å². The largest absolute Gasteiger partial charge is 0.354 e. The zero-order valence-electron chi connectivity index (χ0n) is 9.32. The summed E-state index contributed by atoms with van der Waals surface area (Å²) in [5.74, 6) is 1.19. The van der Waals surface area contributed by atoms with Gasteiger partial charge in [0.1, 0.15) is 11.8 Å². The molecule has 0 aromatic carbocycles. The first kappa shape index (κ1) is 10.8. The predicted octanol–water partition coefficient (Wildman–Crippen LogP) is 0.678. The zero-order valence-corrected chi connectivity index (χ0v) is 9.32. The van der Waals surface area contributed by atoms with Crippen molar-refractivity contribution in [1.82, 2.24) is 15.3 Å². The van der Waals surface area contributed by atoms with Crippen LogP contribution in [0, 0.1) is 24.2 Å². The Balaban J connectivity index is 1.98. The number of rotatable bonds is 3. The number of nitrogens with one attached hydrogen (secondary N) is 2. The molecule has 1 fully saturated rings. The molecule has 84 valence electrons. The highest BCUT2D eigenvalue weighted by molar-refractivity contribution is 5.32. The third kappa shape index (κ3) is 2.67. The van der Waals surface area contributed by atoms with Gasteiger partial charge in [0.25, 0.3) is 0 Å². The molecule has 1 aromatic rings. The maximum atomic E-state index is 8.79. The molecule has 0 bridgehead atoms. The van der Waals surface area contributed by atoms with Gasteiger partial charge in [0, 0.05) is 12.2 Å². The van der Waals surface area contributed by atoms with E-state index in [-0.39, 0.29) is 0 Å². The molecule has 0 saturated carbocycles. The molecule has 1 unspecified atom stereocenters. The monoisotopic (exact) mass is 217 g/mol. The van der Waals surface area contributed by atoms with Gasteiger partial charge in [-0.2, -0.15) is 5.26 Å². The van der Waals surface area contributed by atoms with Gasteiger partial charge in [-0.1, -0.05) is 0 Å². The summed E-state index contributed by atoms with van der Waals surface area (Å²) in [4.78, 5) is 8.36. The molecule has 1 aliphatic rings. The van der Waals surface area contributed by atoms with E-state index in [1.807, 2.05) is 13.0 Å². The summed E-state index contributed by atoms with van der Waals surface area (Å²) in [6, 6.07) is 3.72. The van der Waals surface area contributed by atoms with E-state index in [0.717, 1.165) is 25.3 Å². The van der Waals surface area contributed by atoms with Gasteiger partial charge in [-0.15, -0.1) is 0 Å². The minimum Gasteiger partial charge on any atom is -0.354 e. The SMILES string of the molecule is Cc1cc(C#N)nc(NCC2CCNC2)n1. The van der Waals surface area contributed by atoms with Crippen LogP contribution in [-0.4, -0.2) is 29.6 Å². The molecule has 2 N–H and O–H groups in total. The van der Waals surface area contributed by atoms with E-state index in [1.165, 1.54) is 6.42 Å². The second kappa shape index (κ2) is 4.90. The lowest BCUT2D eigenvalue weighted by Gasteiger charge is -2.10. The standard InChI is InChI=1S/C11H15N5/c1-8-4-10(5-12)16-11(15-8)14-7-9-2-3-13-6-9/h4,9,13H,2-3,6-7H2,1H3,(H,14,15,16). The lowest BCUT2D eigenvalue weighted by Crippen LogP contribution is -2.18. The number of nitriles is 1. The molecule has 1 aliphatic heterocycles. The van der Waals surface area contributed by atoms with Gasteiger partial charge in [-0.25, -0.2) is 9.97 Å². The number of aryl methyl sites for hydroxylation is 1. The summed E-state index contributed by atoms with van der Waals surface area (Å²) in [6.45, 7) is 4.86. The first-order valence-electron chi connectivity index (χ1n) is 5.48. The Morgan fingerprint density at radius 3 is 3.19 bits per heavy atom. The van der Waals surface area contributed by atoms with Crippen LogP contribution in [0.5, 0.6) is 0 Å². The van der Waals surface area contributed by atoms with Crippen LogP contribution in [0.3, 0.4) is 0 Å². The van der Waals surface area contributed by atoms with Crippen LogP contribution >= 0.6 is 0 Å². The van der Waals surface area contributed by atoms with E-state index >= 15 is 0 Å². The van der Waals surface area contributed by atoms with Gasteiger partial charge in [0.2, 0.25) is 5.95 Å². The maximum Gasteiger partial charge on any atom is 0.224 e. The smallest absolute Gasteiger partial charge is 0.224 e.